The van der Waals surface area contributed by atoms with Crippen molar-refractivity contribution in [2.24, 2.45) is 0 Å². The van der Waals surface area contributed by atoms with Gasteiger partial charge in [-0.05, 0) is 33.2 Å². The van der Waals surface area contributed by atoms with E-state index in [2.05, 4.69) is 10.3 Å². The molecule has 1 aromatic heterocycles. The predicted octanol–water partition coefficient (Wildman–Crippen LogP) is 2.23. The van der Waals surface area contributed by atoms with E-state index in [1.54, 1.807) is 6.07 Å². The zero-order valence-electron chi connectivity index (χ0n) is 14.5. The fraction of sp³-hybridized carbons (Fsp3) is 0.353. The minimum atomic E-state index is -0.599. The summed E-state index contributed by atoms with van der Waals surface area (Å²) in [6, 6.07) is 5.77. The van der Waals surface area contributed by atoms with Crippen molar-refractivity contribution in [2.45, 2.75) is 6.92 Å². The zero-order valence-corrected chi connectivity index (χ0v) is 15.3. The quantitative estimate of drug-likeness (QED) is 0.818. The molecule has 0 bridgehead atoms. The highest BCUT2D eigenvalue weighted by molar-refractivity contribution is 7.13. The molecule has 1 aromatic carbocycles. The van der Waals surface area contributed by atoms with Crippen LogP contribution in [0.5, 0.6) is 0 Å². The number of amides is 2. The third-order valence-corrected chi connectivity index (χ3v) is 4.28. The van der Waals surface area contributed by atoms with Crippen LogP contribution in [0.15, 0.2) is 29.6 Å². The number of aromatic nitrogens is 1. The van der Waals surface area contributed by atoms with Crippen LogP contribution in [0.1, 0.15) is 16.1 Å². The van der Waals surface area contributed by atoms with Crippen molar-refractivity contribution in [3.8, 4) is 0 Å². The monoisotopic (exact) mass is 364 g/mol. The van der Waals surface area contributed by atoms with Crippen molar-refractivity contribution in [3.63, 3.8) is 0 Å². The van der Waals surface area contributed by atoms with Gasteiger partial charge in [-0.2, -0.15) is 0 Å². The van der Waals surface area contributed by atoms with E-state index in [4.69, 9.17) is 0 Å². The number of nitrogens with one attached hydrogen (secondary N) is 1. The molecule has 25 heavy (non-hydrogen) atoms. The number of carbonyl (C=O) groups excluding carboxylic acids is 2. The van der Waals surface area contributed by atoms with Crippen LogP contribution in [0.3, 0.4) is 0 Å². The standard InChI is InChI=1S/C17H21FN4O2S/c1-12-11-25-17(19-12)20-15(23)10-22(9-8-21(2)3)16(24)13-6-4-5-7-14(13)18/h4-7,11H,8-10H2,1-3H3,(H,19,20,23). The van der Waals surface area contributed by atoms with Crippen molar-refractivity contribution in [1.29, 1.82) is 0 Å². The molecule has 0 unspecified atom stereocenters. The van der Waals surface area contributed by atoms with Gasteiger partial charge in [-0.15, -0.1) is 11.3 Å². The summed E-state index contributed by atoms with van der Waals surface area (Å²) < 4.78 is 13.9. The summed E-state index contributed by atoms with van der Waals surface area (Å²) in [5, 5.41) is 4.97. The molecule has 0 saturated heterocycles. The van der Waals surface area contributed by atoms with E-state index in [1.807, 2.05) is 31.3 Å². The van der Waals surface area contributed by atoms with E-state index in [1.165, 1.54) is 34.4 Å². The molecule has 0 radical (unpaired) electrons. The molecular formula is C17H21FN4O2S. The van der Waals surface area contributed by atoms with E-state index in [9.17, 15) is 14.0 Å². The molecule has 1 heterocycles. The largest absolute Gasteiger partial charge is 0.328 e. The molecule has 0 aliphatic rings. The molecule has 0 spiro atoms. The molecule has 0 fully saturated rings. The van der Waals surface area contributed by atoms with Gasteiger partial charge in [0.05, 0.1) is 11.3 Å². The minimum absolute atomic E-state index is 0.0425. The molecule has 8 heteroatoms. The van der Waals surface area contributed by atoms with E-state index < -0.39 is 11.7 Å². The van der Waals surface area contributed by atoms with Crippen LogP contribution in [-0.2, 0) is 4.79 Å². The maximum Gasteiger partial charge on any atom is 0.257 e. The Morgan fingerprint density at radius 2 is 1.96 bits per heavy atom. The summed E-state index contributed by atoms with van der Waals surface area (Å²) in [6.07, 6.45) is 0. The van der Waals surface area contributed by atoms with Crippen molar-refractivity contribution < 1.29 is 14.0 Å². The number of carbonyl (C=O) groups is 2. The second kappa shape index (κ2) is 8.68. The summed E-state index contributed by atoms with van der Waals surface area (Å²) in [4.78, 5) is 32.3. The lowest BCUT2D eigenvalue weighted by Crippen LogP contribution is -2.42. The van der Waals surface area contributed by atoms with Gasteiger partial charge in [0.1, 0.15) is 12.4 Å². The zero-order chi connectivity index (χ0) is 18.4. The molecule has 0 atom stereocenters. The van der Waals surface area contributed by atoms with E-state index in [0.29, 0.717) is 18.2 Å². The lowest BCUT2D eigenvalue weighted by molar-refractivity contribution is -0.116. The Hall–Kier alpha value is -2.32. The van der Waals surface area contributed by atoms with Crippen molar-refractivity contribution in [1.82, 2.24) is 14.8 Å². The highest BCUT2D eigenvalue weighted by Crippen LogP contribution is 2.15. The fourth-order valence-corrected chi connectivity index (χ4v) is 2.83. The SMILES string of the molecule is Cc1csc(NC(=O)CN(CCN(C)C)C(=O)c2ccccc2F)n1. The molecule has 134 valence electrons. The van der Waals surface area contributed by atoms with Crippen LogP contribution in [0, 0.1) is 12.7 Å². The van der Waals surface area contributed by atoms with Crippen molar-refractivity contribution in [3.05, 3.63) is 46.7 Å². The van der Waals surface area contributed by atoms with Crippen molar-refractivity contribution in [2.75, 3.05) is 39.0 Å². The highest BCUT2D eigenvalue weighted by Gasteiger charge is 2.21. The van der Waals surface area contributed by atoms with Gasteiger partial charge < -0.3 is 15.1 Å². The maximum atomic E-state index is 13.9. The smallest absolute Gasteiger partial charge is 0.257 e. The third-order valence-electron chi connectivity index (χ3n) is 3.41. The van der Waals surface area contributed by atoms with Gasteiger partial charge in [-0.25, -0.2) is 9.37 Å². The summed E-state index contributed by atoms with van der Waals surface area (Å²) in [5.41, 5.74) is 0.770. The Kier molecular flexibility index (Phi) is 6.60. The fourth-order valence-electron chi connectivity index (χ4n) is 2.12. The van der Waals surface area contributed by atoms with Gasteiger partial charge in [-0.3, -0.25) is 9.59 Å². The molecule has 2 aromatic rings. The van der Waals surface area contributed by atoms with E-state index >= 15 is 0 Å². The highest BCUT2D eigenvalue weighted by atomic mass is 32.1. The average Bonchev–Trinajstić information content (AvgIpc) is 2.96. The number of halogens is 1. The molecular weight excluding hydrogens is 343 g/mol. The summed E-state index contributed by atoms with van der Waals surface area (Å²) in [6.45, 7) is 2.53. The third kappa shape index (κ3) is 5.61. The Morgan fingerprint density at radius 1 is 1.24 bits per heavy atom. The van der Waals surface area contributed by atoms with Gasteiger partial charge in [-0.1, -0.05) is 12.1 Å². The Labute approximate surface area is 150 Å². The predicted molar refractivity (Wildman–Crippen MR) is 96.3 cm³/mol. The van der Waals surface area contributed by atoms with E-state index in [0.717, 1.165) is 5.69 Å². The first-order valence-corrected chi connectivity index (χ1v) is 8.65. The number of thiazole rings is 1. The maximum absolute atomic E-state index is 13.9. The number of nitrogens with zero attached hydrogens (tertiary/aromatic N) is 3. The van der Waals surface area contributed by atoms with Gasteiger partial charge in [0.2, 0.25) is 5.91 Å². The van der Waals surface area contributed by atoms with Gasteiger partial charge >= 0.3 is 0 Å². The first-order valence-electron chi connectivity index (χ1n) is 7.77. The van der Waals surface area contributed by atoms with Gasteiger partial charge in [0.15, 0.2) is 5.13 Å². The van der Waals surface area contributed by atoms with Crippen LogP contribution in [-0.4, -0.2) is 60.3 Å². The van der Waals surface area contributed by atoms with Crippen LogP contribution in [0.2, 0.25) is 0 Å². The normalized spacial score (nSPS) is 10.8. The van der Waals surface area contributed by atoms with Crippen LogP contribution < -0.4 is 5.32 Å². The number of aryl methyl sites for hydroxylation is 1. The van der Waals surface area contributed by atoms with Crippen LogP contribution in [0.25, 0.3) is 0 Å². The molecule has 0 saturated carbocycles. The number of hydrogen-bond acceptors (Lipinski definition) is 5. The first kappa shape index (κ1) is 19.0. The Balaban J connectivity index is 2.10. The minimum Gasteiger partial charge on any atom is -0.328 e. The first-order chi connectivity index (χ1) is 11.9. The van der Waals surface area contributed by atoms with Crippen LogP contribution >= 0.6 is 11.3 Å². The van der Waals surface area contributed by atoms with Gasteiger partial charge in [0, 0.05) is 18.5 Å². The molecule has 1 N–H and O–H groups in total. The number of benzene rings is 1. The van der Waals surface area contributed by atoms with E-state index in [-0.39, 0.29) is 18.0 Å². The Morgan fingerprint density at radius 3 is 2.56 bits per heavy atom. The molecule has 0 aliphatic carbocycles. The molecule has 6 nitrogen and oxygen atoms in total. The second-order valence-corrected chi connectivity index (χ2v) is 6.71. The van der Waals surface area contributed by atoms with Crippen LogP contribution in [0.4, 0.5) is 9.52 Å². The molecule has 2 rings (SSSR count). The number of anilines is 1. The topological polar surface area (TPSA) is 65.5 Å². The van der Waals surface area contributed by atoms with Crippen molar-refractivity contribution >= 4 is 28.3 Å². The second-order valence-electron chi connectivity index (χ2n) is 5.85. The summed E-state index contributed by atoms with van der Waals surface area (Å²) in [5.74, 6) is -1.47. The summed E-state index contributed by atoms with van der Waals surface area (Å²) in [7, 11) is 3.73. The molecule has 2 amide bonds. The molecule has 0 aliphatic heterocycles. The Bertz CT molecular complexity index is 748. The lowest BCUT2D eigenvalue weighted by atomic mass is 10.2. The number of likely N-dealkylation sites (N-methyl/N-ethyl adjacent to an activating group) is 1. The average molecular weight is 364 g/mol. The summed E-state index contributed by atoms with van der Waals surface area (Å²) >= 11 is 1.32. The van der Waals surface area contributed by atoms with Gasteiger partial charge in [0.25, 0.3) is 5.91 Å². The number of rotatable bonds is 7. The number of hydrogen-bond donors (Lipinski definition) is 1. The lowest BCUT2D eigenvalue weighted by Gasteiger charge is -2.24.